The summed E-state index contributed by atoms with van der Waals surface area (Å²) in [5.41, 5.74) is 2.35. The first-order valence-corrected chi connectivity index (χ1v) is 9.97. The predicted octanol–water partition coefficient (Wildman–Crippen LogP) is 4.08. The summed E-state index contributed by atoms with van der Waals surface area (Å²) in [6, 6.07) is 15.5. The molecule has 0 spiro atoms. The third-order valence-corrected chi connectivity index (χ3v) is 6.38. The fourth-order valence-electron chi connectivity index (χ4n) is 3.51. The van der Waals surface area contributed by atoms with Gasteiger partial charge in [-0.3, -0.25) is 19.9 Å². The third kappa shape index (κ3) is 4.00. The maximum absolute atomic E-state index is 10.8. The lowest BCUT2D eigenvalue weighted by Gasteiger charge is -2.37. The highest BCUT2D eigenvalue weighted by Crippen LogP contribution is 2.30. The van der Waals surface area contributed by atoms with E-state index >= 15 is 0 Å². The van der Waals surface area contributed by atoms with Gasteiger partial charge in [-0.2, -0.15) is 0 Å². The van der Waals surface area contributed by atoms with Gasteiger partial charge in [0.2, 0.25) is 0 Å². The molecule has 7 heteroatoms. The molecule has 0 bridgehead atoms. The maximum atomic E-state index is 10.8. The molecule has 1 aliphatic heterocycles. The molecule has 1 unspecified atom stereocenters. The van der Waals surface area contributed by atoms with Crippen molar-refractivity contribution < 1.29 is 4.92 Å². The van der Waals surface area contributed by atoms with E-state index in [1.54, 1.807) is 23.5 Å². The number of hydrogen-bond acceptors (Lipinski definition) is 6. The molecular weight excluding hydrogens is 360 g/mol. The Morgan fingerprint density at radius 1 is 1.11 bits per heavy atom. The highest BCUT2D eigenvalue weighted by molar-refractivity contribution is 7.18. The van der Waals surface area contributed by atoms with Gasteiger partial charge in [0.1, 0.15) is 5.01 Å². The lowest BCUT2D eigenvalue weighted by atomic mass is 10.1. The number of para-hydroxylation sites is 1. The molecule has 1 saturated heterocycles. The average molecular weight is 382 g/mol. The second kappa shape index (κ2) is 7.72. The number of nitro benzene ring substituents is 1. The van der Waals surface area contributed by atoms with Crippen LogP contribution in [0.15, 0.2) is 48.5 Å². The Hall–Kier alpha value is -2.35. The molecule has 0 amide bonds. The summed E-state index contributed by atoms with van der Waals surface area (Å²) in [6.45, 7) is 7.07. The first-order valence-electron chi connectivity index (χ1n) is 9.15. The molecule has 1 aromatic heterocycles. The first-order chi connectivity index (χ1) is 13.1. The van der Waals surface area contributed by atoms with Crippen LogP contribution in [0.25, 0.3) is 10.2 Å². The largest absolute Gasteiger partial charge is 0.297 e. The summed E-state index contributed by atoms with van der Waals surface area (Å²) in [7, 11) is 0. The monoisotopic (exact) mass is 382 g/mol. The minimum Gasteiger partial charge on any atom is -0.297 e. The van der Waals surface area contributed by atoms with Crippen molar-refractivity contribution in [2.45, 2.75) is 19.5 Å². The number of nitrogens with zero attached hydrogens (tertiary/aromatic N) is 4. The average Bonchev–Trinajstić information content (AvgIpc) is 3.13. The molecule has 0 aliphatic carbocycles. The molecule has 4 rings (SSSR count). The van der Waals surface area contributed by atoms with Crippen molar-refractivity contribution in [1.82, 2.24) is 14.8 Å². The highest BCUT2D eigenvalue weighted by atomic mass is 32.1. The molecule has 1 fully saturated rings. The van der Waals surface area contributed by atoms with Crippen molar-refractivity contribution in [2.75, 3.05) is 26.2 Å². The van der Waals surface area contributed by atoms with E-state index in [2.05, 4.69) is 34.9 Å². The van der Waals surface area contributed by atoms with Crippen LogP contribution >= 0.6 is 11.3 Å². The number of benzene rings is 2. The van der Waals surface area contributed by atoms with Crippen molar-refractivity contribution >= 4 is 27.2 Å². The Kier molecular flexibility index (Phi) is 5.15. The molecular formula is C20H22N4O2S. The molecule has 2 heterocycles. The van der Waals surface area contributed by atoms with Crippen LogP contribution < -0.4 is 0 Å². The lowest BCUT2D eigenvalue weighted by Crippen LogP contribution is -2.46. The minimum atomic E-state index is -0.355. The van der Waals surface area contributed by atoms with E-state index in [0.29, 0.717) is 6.04 Å². The summed E-state index contributed by atoms with van der Waals surface area (Å²) in [4.78, 5) is 20.1. The number of nitro groups is 1. The number of piperazine rings is 1. The van der Waals surface area contributed by atoms with Gasteiger partial charge in [-0.25, -0.2) is 4.98 Å². The molecule has 140 valence electrons. The molecule has 2 aromatic carbocycles. The Bertz CT molecular complexity index is 900. The zero-order valence-corrected chi connectivity index (χ0v) is 16.1. The second-order valence-electron chi connectivity index (χ2n) is 6.93. The van der Waals surface area contributed by atoms with Crippen LogP contribution in [0.4, 0.5) is 5.69 Å². The summed E-state index contributed by atoms with van der Waals surface area (Å²) in [5.74, 6) is 0. The van der Waals surface area contributed by atoms with Crippen LogP contribution in [0.2, 0.25) is 0 Å². The van der Waals surface area contributed by atoms with Crippen LogP contribution in [0.3, 0.4) is 0 Å². The summed E-state index contributed by atoms with van der Waals surface area (Å²) in [6.07, 6.45) is 0. The summed E-state index contributed by atoms with van der Waals surface area (Å²) in [5, 5.41) is 11.9. The van der Waals surface area contributed by atoms with Crippen LogP contribution in [-0.2, 0) is 6.54 Å². The van der Waals surface area contributed by atoms with Gasteiger partial charge in [-0.1, -0.05) is 24.3 Å². The predicted molar refractivity (Wildman–Crippen MR) is 108 cm³/mol. The lowest BCUT2D eigenvalue weighted by molar-refractivity contribution is -0.384. The molecule has 3 aromatic rings. The van der Waals surface area contributed by atoms with E-state index in [0.717, 1.165) is 43.8 Å². The fraction of sp³-hybridized carbons (Fsp3) is 0.350. The Morgan fingerprint density at radius 3 is 2.48 bits per heavy atom. The van der Waals surface area contributed by atoms with Gasteiger partial charge in [0.05, 0.1) is 21.2 Å². The minimum absolute atomic E-state index is 0.147. The molecule has 0 radical (unpaired) electrons. The topological polar surface area (TPSA) is 62.5 Å². The molecule has 0 N–H and O–H groups in total. The Morgan fingerprint density at radius 2 is 1.81 bits per heavy atom. The zero-order valence-electron chi connectivity index (χ0n) is 15.2. The van der Waals surface area contributed by atoms with Gasteiger partial charge in [0, 0.05) is 44.9 Å². The van der Waals surface area contributed by atoms with Gasteiger partial charge in [0.25, 0.3) is 5.69 Å². The van der Waals surface area contributed by atoms with E-state index in [1.807, 2.05) is 18.2 Å². The van der Waals surface area contributed by atoms with Gasteiger partial charge in [-0.15, -0.1) is 11.3 Å². The standard InChI is InChI=1S/C20H22N4O2S/c1-15(20-21-18-4-2-3-5-19(18)27-20)23-12-10-22(11-13-23)14-16-6-8-17(9-7-16)24(25)26/h2-9,15H,10-14H2,1H3. The maximum Gasteiger partial charge on any atom is 0.269 e. The van der Waals surface area contributed by atoms with E-state index in [4.69, 9.17) is 4.98 Å². The Balaban J connectivity index is 1.34. The van der Waals surface area contributed by atoms with Gasteiger partial charge in [-0.05, 0) is 24.6 Å². The second-order valence-corrected chi connectivity index (χ2v) is 7.99. The molecule has 1 atom stereocenters. The number of rotatable bonds is 5. The van der Waals surface area contributed by atoms with E-state index in [-0.39, 0.29) is 10.6 Å². The van der Waals surface area contributed by atoms with Crippen LogP contribution in [0, 0.1) is 10.1 Å². The quantitative estimate of drug-likeness (QED) is 0.491. The number of non-ortho nitro benzene ring substituents is 1. The summed E-state index contributed by atoms with van der Waals surface area (Å²) >= 11 is 1.78. The van der Waals surface area contributed by atoms with Gasteiger partial charge >= 0.3 is 0 Å². The zero-order chi connectivity index (χ0) is 18.8. The van der Waals surface area contributed by atoms with Crippen molar-refractivity contribution in [2.24, 2.45) is 0 Å². The summed E-state index contributed by atoms with van der Waals surface area (Å²) < 4.78 is 1.25. The van der Waals surface area contributed by atoms with Gasteiger partial charge in [0.15, 0.2) is 0 Å². The Labute approximate surface area is 162 Å². The van der Waals surface area contributed by atoms with Crippen LogP contribution in [0.5, 0.6) is 0 Å². The highest BCUT2D eigenvalue weighted by Gasteiger charge is 2.24. The van der Waals surface area contributed by atoms with Crippen molar-refractivity contribution in [3.63, 3.8) is 0 Å². The number of aromatic nitrogens is 1. The molecule has 1 aliphatic rings. The number of fused-ring (bicyclic) bond motifs is 1. The number of hydrogen-bond donors (Lipinski definition) is 0. The third-order valence-electron chi connectivity index (χ3n) is 5.18. The number of thiazole rings is 1. The van der Waals surface area contributed by atoms with Crippen molar-refractivity contribution in [3.05, 3.63) is 69.2 Å². The van der Waals surface area contributed by atoms with Gasteiger partial charge < -0.3 is 0 Å². The fourth-order valence-corrected chi connectivity index (χ4v) is 4.57. The van der Waals surface area contributed by atoms with Crippen LogP contribution in [-0.4, -0.2) is 45.9 Å². The van der Waals surface area contributed by atoms with Crippen molar-refractivity contribution in [1.29, 1.82) is 0 Å². The van der Waals surface area contributed by atoms with Crippen LogP contribution in [0.1, 0.15) is 23.5 Å². The normalized spacial score (nSPS) is 17.2. The molecule has 27 heavy (non-hydrogen) atoms. The smallest absolute Gasteiger partial charge is 0.269 e. The SMILES string of the molecule is CC(c1nc2ccccc2s1)N1CCN(Cc2ccc([N+](=O)[O-])cc2)CC1. The molecule has 6 nitrogen and oxygen atoms in total. The van der Waals surface area contributed by atoms with E-state index in [1.165, 1.54) is 9.71 Å². The van der Waals surface area contributed by atoms with E-state index in [9.17, 15) is 10.1 Å². The molecule has 0 saturated carbocycles. The van der Waals surface area contributed by atoms with Crippen molar-refractivity contribution in [3.8, 4) is 0 Å². The van der Waals surface area contributed by atoms with E-state index < -0.39 is 0 Å². The first kappa shape index (κ1) is 18.0.